The molecule has 0 spiro atoms. The molecule has 1 atom stereocenters. The zero-order valence-corrected chi connectivity index (χ0v) is 13.7. The van der Waals surface area contributed by atoms with Crippen molar-refractivity contribution in [1.29, 1.82) is 0 Å². The van der Waals surface area contributed by atoms with E-state index in [4.69, 9.17) is 0 Å². The molecule has 1 aromatic rings. The Kier molecular flexibility index (Phi) is 4.04. The topological polar surface area (TPSA) is 87.3 Å². The van der Waals surface area contributed by atoms with Gasteiger partial charge in [-0.25, -0.2) is 13.1 Å². The maximum atomic E-state index is 12.5. The number of sulfonamides is 1. The molecule has 2 aliphatic heterocycles. The van der Waals surface area contributed by atoms with Gasteiger partial charge in [0.2, 0.25) is 15.9 Å². The number of rotatable bonds is 3. The molecule has 1 aromatic carbocycles. The van der Waals surface area contributed by atoms with Crippen LogP contribution < -0.4 is 15.4 Å². The molecule has 2 heterocycles. The van der Waals surface area contributed by atoms with Gasteiger partial charge in [0, 0.05) is 22.7 Å². The summed E-state index contributed by atoms with van der Waals surface area (Å²) in [6.45, 7) is 1.57. The van der Waals surface area contributed by atoms with Gasteiger partial charge in [0.1, 0.15) is 0 Å². The van der Waals surface area contributed by atoms with Gasteiger partial charge in [-0.1, -0.05) is 0 Å². The molecule has 8 heteroatoms. The van der Waals surface area contributed by atoms with Crippen LogP contribution in [0.3, 0.4) is 0 Å². The molecule has 0 unspecified atom stereocenters. The first-order valence-corrected chi connectivity index (χ1v) is 9.08. The minimum atomic E-state index is -3.61. The summed E-state index contributed by atoms with van der Waals surface area (Å²) in [5, 5.41) is 5.88. The summed E-state index contributed by atoms with van der Waals surface area (Å²) in [6.07, 6.45) is 2.00. The van der Waals surface area contributed by atoms with Crippen LogP contribution in [0.15, 0.2) is 21.5 Å². The number of nitrogens with one attached hydrogen (secondary N) is 3. The van der Waals surface area contributed by atoms with Gasteiger partial charge in [0.05, 0.1) is 11.3 Å². The van der Waals surface area contributed by atoms with Gasteiger partial charge < -0.3 is 10.6 Å². The molecule has 0 saturated carbocycles. The lowest BCUT2D eigenvalue weighted by molar-refractivity contribution is -0.115. The summed E-state index contributed by atoms with van der Waals surface area (Å²) in [5.74, 6) is -0.115. The molecule has 0 aromatic heterocycles. The Labute approximate surface area is 131 Å². The fourth-order valence-electron chi connectivity index (χ4n) is 2.67. The Hall–Kier alpha value is -0.960. The van der Waals surface area contributed by atoms with Crippen molar-refractivity contribution < 1.29 is 13.2 Å². The van der Waals surface area contributed by atoms with Crippen molar-refractivity contribution in [2.24, 2.45) is 0 Å². The number of hydrogen-bond donors (Lipinski definition) is 3. The fourth-order valence-corrected chi connectivity index (χ4v) is 5.03. The summed E-state index contributed by atoms with van der Waals surface area (Å²) in [5.41, 5.74) is 1.38. The summed E-state index contributed by atoms with van der Waals surface area (Å²) in [4.78, 5) is 11.6. The van der Waals surface area contributed by atoms with Crippen LogP contribution >= 0.6 is 15.9 Å². The van der Waals surface area contributed by atoms with Gasteiger partial charge in [-0.15, -0.1) is 0 Å². The van der Waals surface area contributed by atoms with Crippen molar-refractivity contribution in [3.63, 3.8) is 0 Å². The molecular weight excluding hydrogens is 358 g/mol. The van der Waals surface area contributed by atoms with Crippen LogP contribution in [-0.4, -0.2) is 33.5 Å². The monoisotopic (exact) mass is 373 g/mol. The first-order chi connectivity index (χ1) is 9.95. The Morgan fingerprint density at radius 2 is 2.14 bits per heavy atom. The number of benzene rings is 1. The van der Waals surface area contributed by atoms with E-state index in [2.05, 4.69) is 31.3 Å². The molecule has 114 valence electrons. The highest BCUT2D eigenvalue weighted by Crippen LogP contribution is 2.32. The van der Waals surface area contributed by atoms with E-state index >= 15 is 0 Å². The summed E-state index contributed by atoms with van der Waals surface area (Å²) < 4.78 is 28.2. The second kappa shape index (κ2) is 5.68. The maximum Gasteiger partial charge on any atom is 0.241 e. The highest BCUT2D eigenvalue weighted by atomic mass is 79.9. The van der Waals surface area contributed by atoms with Gasteiger partial charge >= 0.3 is 0 Å². The van der Waals surface area contributed by atoms with E-state index in [0.717, 1.165) is 19.4 Å². The molecule has 0 bridgehead atoms. The summed E-state index contributed by atoms with van der Waals surface area (Å²) in [6, 6.07) is 3.12. The smallest absolute Gasteiger partial charge is 0.241 e. The van der Waals surface area contributed by atoms with Crippen LogP contribution in [0.25, 0.3) is 0 Å². The van der Waals surface area contributed by atoms with Gasteiger partial charge in [-0.3, -0.25) is 4.79 Å². The molecule has 1 amide bonds. The molecule has 21 heavy (non-hydrogen) atoms. The van der Waals surface area contributed by atoms with Crippen molar-refractivity contribution in [2.75, 3.05) is 18.4 Å². The van der Waals surface area contributed by atoms with Gasteiger partial charge in [-0.2, -0.15) is 0 Å². The second-order valence-corrected chi connectivity index (χ2v) is 7.87. The van der Waals surface area contributed by atoms with E-state index in [-0.39, 0.29) is 23.3 Å². The molecule has 1 saturated heterocycles. The Morgan fingerprint density at radius 1 is 1.33 bits per heavy atom. The van der Waals surface area contributed by atoms with Crippen molar-refractivity contribution in [1.82, 2.24) is 10.0 Å². The zero-order chi connectivity index (χ0) is 15.0. The standard InChI is InChI=1S/C13H16BrN3O3S/c14-10-6-11-8(5-13(18)16-11)4-12(10)21(19,20)17-9-2-1-3-15-7-9/h4,6,9,15,17H,1-3,5,7H2,(H,16,18)/t9-/m1/s1. The van der Waals surface area contributed by atoms with Crippen LogP contribution in [0.5, 0.6) is 0 Å². The summed E-state index contributed by atoms with van der Waals surface area (Å²) in [7, 11) is -3.61. The lowest BCUT2D eigenvalue weighted by atomic mass is 10.1. The molecule has 3 N–H and O–H groups in total. The second-order valence-electron chi connectivity index (χ2n) is 5.33. The number of hydrogen-bond acceptors (Lipinski definition) is 4. The quantitative estimate of drug-likeness (QED) is 0.736. The van der Waals surface area contributed by atoms with E-state index in [1.807, 2.05) is 0 Å². The number of carbonyl (C=O) groups is 1. The number of amides is 1. The average molecular weight is 374 g/mol. The SMILES string of the molecule is O=C1Cc2cc(S(=O)(=O)N[C@@H]3CCCNC3)c(Br)cc2N1. The molecule has 0 aliphatic carbocycles. The van der Waals surface area contributed by atoms with Gasteiger partial charge in [0.15, 0.2) is 0 Å². The third kappa shape index (κ3) is 3.13. The summed E-state index contributed by atoms with van der Waals surface area (Å²) >= 11 is 3.28. The third-order valence-electron chi connectivity index (χ3n) is 3.69. The highest BCUT2D eigenvalue weighted by molar-refractivity contribution is 9.10. The van der Waals surface area contributed by atoms with Gasteiger partial charge in [-0.05, 0) is 53.0 Å². The van der Waals surface area contributed by atoms with Crippen LogP contribution in [0, 0.1) is 0 Å². The number of piperidine rings is 1. The van der Waals surface area contributed by atoms with Crippen LogP contribution in [0.4, 0.5) is 5.69 Å². The first-order valence-electron chi connectivity index (χ1n) is 6.81. The van der Waals surface area contributed by atoms with E-state index in [1.165, 1.54) is 0 Å². The van der Waals surface area contributed by atoms with E-state index < -0.39 is 10.0 Å². The molecule has 2 aliphatic rings. The Balaban J connectivity index is 1.88. The maximum absolute atomic E-state index is 12.5. The zero-order valence-electron chi connectivity index (χ0n) is 11.3. The van der Waals surface area contributed by atoms with Crippen molar-refractivity contribution >= 4 is 37.5 Å². The lowest BCUT2D eigenvalue weighted by Crippen LogP contribution is -2.45. The van der Waals surface area contributed by atoms with Gasteiger partial charge in [0.25, 0.3) is 0 Å². The minimum Gasteiger partial charge on any atom is -0.325 e. The molecular formula is C13H16BrN3O3S. The third-order valence-corrected chi connectivity index (χ3v) is 6.17. The van der Waals surface area contributed by atoms with Crippen LogP contribution in [0.1, 0.15) is 18.4 Å². The minimum absolute atomic E-state index is 0.0938. The predicted octanol–water partition coefficient (Wildman–Crippen LogP) is 0.974. The first kappa shape index (κ1) is 15.0. The average Bonchev–Trinajstić information content (AvgIpc) is 2.77. The lowest BCUT2D eigenvalue weighted by Gasteiger charge is -2.24. The highest BCUT2D eigenvalue weighted by Gasteiger charge is 2.27. The molecule has 1 fully saturated rings. The van der Waals surface area contributed by atoms with Crippen LogP contribution in [-0.2, 0) is 21.2 Å². The number of halogens is 1. The number of carbonyl (C=O) groups excluding carboxylic acids is 1. The predicted molar refractivity (Wildman–Crippen MR) is 82.7 cm³/mol. The fraction of sp³-hybridized carbons (Fsp3) is 0.462. The normalized spacial score (nSPS) is 22.0. The molecule has 3 rings (SSSR count). The number of fused-ring (bicyclic) bond motifs is 1. The number of anilines is 1. The largest absolute Gasteiger partial charge is 0.325 e. The van der Waals surface area contributed by atoms with E-state index in [0.29, 0.717) is 22.3 Å². The van der Waals surface area contributed by atoms with E-state index in [1.54, 1.807) is 12.1 Å². The molecule has 6 nitrogen and oxygen atoms in total. The Morgan fingerprint density at radius 3 is 2.86 bits per heavy atom. The van der Waals surface area contributed by atoms with Crippen molar-refractivity contribution in [3.05, 3.63) is 22.2 Å². The molecule has 0 radical (unpaired) electrons. The van der Waals surface area contributed by atoms with E-state index in [9.17, 15) is 13.2 Å². The van der Waals surface area contributed by atoms with Crippen molar-refractivity contribution in [3.8, 4) is 0 Å². The van der Waals surface area contributed by atoms with Crippen LogP contribution in [0.2, 0.25) is 0 Å². The Bertz CT molecular complexity index is 684. The van der Waals surface area contributed by atoms with Crippen molar-refractivity contribution in [2.45, 2.75) is 30.2 Å².